The molecule has 0 saturated heterocycles. The molecule has 5 nitrogen and oxygen atoms in total. The van der Waals surface area contributed by atoms with E-state index in [0.717, 1.165) is 12.2 Å². The fraction of sp³-hybridized carbons (Fsp3) is 0.846. The number of carbonyl (C=O) groups is 1. The van der Waals surface area contributed by atoms with Gasteiger partial charge >= 0.3 is 0 Å². The Morgan fingerprint density at radius 1 is 1.42 bits per heavy atom. The summed E-state index contributed by atoms with van der Waals surface area (Å²) in [5.41, 5.74) is 4.88. The molecule has 0 saturated carbocycles. The number of carbonyl (C=O) groups excluding carboxylic acids is 1. The average Bonchev–Trinajstić information content (AvgIpc) is 2.45. The van der Waals surface area contributed by atoms with Crippen molar-refractivity contribution in [1.82, 2.24) is 4.90 Å². The van der Waals surface area contributed by atoms with Gasteiger partial charge in [-0.2, -0.15) is 11.8 Å². The van der Waals surface area contributed by atoms with Crippen molar-refractivity contribution in [1.29, 1.82) is 0 Å². The van der Waals surface area contributed by atoms with Crippen molar-refractivity contribution in [3.8, 4) is 0 Å². The van der Waals surface area contributed by atoms with Gasteiger partial charge < -0.3 is 15.8 Å². The Kier molecular flexibility index (Phi) is 7.90. The topological polar surface area (TPSA) is 78.9 Å². The Hall–Kier alpha value is -0.910. The molecule has 0 aromatic heterocycles. The first-order valence-corrected chi connectivity index (χ1v) is 8.08. The van der Waals surface area contributed by atoms with Crippen LogP contribution in [0.1, 0.15) is 40.0 Å². The van der Waals surface area contributed by atoms with Crippen LogP contribution in [0.2, 0.25) is 0 Å². The quantitative estimate of drug-likeness (QED) is 0.310. The first-order chi connectivity index (χ1) is 8.94. The standard InChI is InChI=1S/C13H27N3O2S/c1-6-10(9-19-5)16(4)12(17)13(7-2,8-3)11(14)15-18/h10,18H,6-9H2,1-5H3,(H2,14,15). The molecule has 3 N–H and O–H groups in total. The minimum Gasteiger partial charge on any atom is -0.409 e. The van der Waals surface area contributed by atoms with Crippen molar-refractivity contribution in [2.45, 2.75) is 46.1 Å². The van der Waals surface area contributed by atoms with Gasteiger partial charge in [0.05, 0.1) is 0 Å². The molecule has 0 rings (SSSR count). The monoisotopic (exact) mass is 289 g/mol. The van der Waals surface area contributed by atoms with Crippen molar-refractivity contribution in [3.63, 3.8) is 0 Å². The fourth-order valence-electron chi connectivity index (χ4n) is 2.32. The molecule has 0 bridgehead atoms. The molecule has 0 radical (unpaired) electrons. The second-order valence-electron chi connectivity index (χ2n) is 4.71. The molecule has 0 aliphatic rings. The Morgan fingerprint density at radius 2 is 1.95 bits per heavy atom. The van der Waals surface area contributed by atoms with Gasteiger partial charge in [0.1, 0.15) is 5.41 Å². The summed E-state index contributed by atoms with van der Waals surface area (Å²) < 4.78 is 0. The summed E-state index contributed by atoms with van der Waals surface area (Å²) in [5.74, 6) is 0.834. The Labute approximate surface area is 120 Å². The number of hydrogen-bond donors (Lipinski definition) is 2. The zero-order valence-electron chi connectivity index (χ0n) is 12.6. The summed E-state index contributed by atoms with van der Waals surface area (Å²) in [7, 11) is 1.80. The smallest absolute Gasteiger partial charge is 0.236 e. The van der Waals surface area contributed by atoms with E-state index in [2.05, 4.69) is 12.1 Å². The highest BCUT2D eigenvalue weighted by molar-refractivity contribution is 7.98. The average molecular weight is 289 g/mol. The zero-order chi connectivity index (χ0) is 15.1. The molecule has 1 unspecified atom stereocenters. The van der Waals surface area contributed by atoms with Gasteiger partial charge in [0.25, 0.3) is 0 Å². The summed E-state index contributed by atoms with van der Waals surface area (Å²) in [5, 5.41) is 12.0. The van der Waals surface area contributed by atoms with Crippen LogP contribution in [-0.2, 0) is 4.79 Å². The number of nitrogens with zero attached hydrogens (tertiary/aromatic N) is 2. The second-order valence-corrected chi connectivity index (χ2v) is 5.62. The van der Waals surface area contributed by atoms with Crippen molar-refractivity contribution < 1.29 is 10.0 Å². The molecule has 0 aromatic rings. The Bertz CT molecular complexity index is 317. The molecule has 1 amide bonds. The SMILES string of the molecule is CCC(CSC)N(C)C(=O)C(CC)(CC)C(N)=NO. The third kappa shape index (κ3) is 3.78. The molecule has 0 aromatic carbocycles. The lowest BCUT2D eigenvalue weighted by atomic mass is 9.79. The van der Waals surface area contributed by atoms with E-state index in [4.69, 9.17) is 10.9 Å². The lowest BCUT2D eigenvalue weighted by Gasteiger charge is -2.36. The van der Waals surface area contributed by atoms with Crippen molar-refractivity contribution in [2.24, 2.45) is 16.3 Å². The molecule has 19 heavy (non-hydrogen) atoms. The van der Waals surface area contributed by atoms with E-state index < -0.39 is 5.41 Å². The van der Waals surface area contributed by atoms with Gasteiger partial charge in [-0.15, -0.1) is 0 Å². The van der Waals surface area contributed by atoms with Gasteiger partial charge in [-0.1, -0.05) is 25.9 Å². The van der Waals surface area contributed by atoms with Gasteiger partial charge in [0, 0.05) is 18.8 Å². The molecule has 1 atom stereocenters. The maximum absolute atomic E-state index is 12.7. The predicted molar refractivity (Wildman–Crippen MR) is 81.7 cm³/mol. The molecular weight excluding hydrogens is 262 g/mol. The molecule has 0 fully saturated rings. The summed E-state index contributed by atoms with van der Waals surface area (Å²) in [4.78, 5) is 14.5. The van der Waals surface area contributed by atoms with Crippen molar-refractivity contribution in [3.05, 3.63) is 0 Å². The number of rotatable bonds is 8. The summed E-state index contributed by atoms with van der Waals surface area (Å²) >= 11 is 1.72. The first-order valence-electron chi connectivity index (χ1n) is 6.69. The number of nitrogens with two attached hydrogens (primary N) is 1. The third-order valence-electron chi connectivity index (χ3n) is 3.91. The van der Waals surface area contributed by atoms with E-state index in [0.29, 0.717) is 12.8 Å². The summed E-state index contributed by atoms with van der Waals surface area (Å²) in [6.07, 6.45) is 3.97. The van der Waals surface area contributed by atoms with E-state index in [9.17, 15) is 4.79 Å². The number of hydrogen-bond acceptors (Lipinski definition) is 4. The highest BCUT2D eigenvalue weighted by atomic mass is 32.2. The summed E-state index contributed by atoms with van der Waals surface area (Å²) in [6, 6.07) is 0.173. The van der Waals surface area contributed by atoms with Gasteiger partial charge in [-0.25, -0.2) is 0 Å². The first kappa shape index (κ1) is 18.1. The van der Waals surface area contributed by atoms with Crippen LogP contribution in [0.25, 0.3) is 0 Å². The van der Waals surface area contributed by atoms with Crippen LogP contribution >= 0.6 is 11.8 Å². The minimum atomic E-state index is -0.894. The van der Waals surface area contributed by atoms with Crippen LogP contribution in [0.4, 0.5) is 0 Å². The highest BCUT2D eigenvalue weighted by Crippen LogP contribution is 2.30. The van der Waals surface area contributed by atoms with Crippen LogP contribution in [0.5, 0.6) is 0 Å². The van der Waals surface area contributed by atoms with Crippen LogP contribution in [-0.4, -0.2) is 46.9 Å². The molecule has 0 aliphatic heterocycles. The Balaban J connectivity index is 5.31. The molecule has 112 valence electrons. The number of oxime groups is 1. The molecule has 0 heterocycles. The van der Waals surface area contributed by atoms with Crippen LogP contribution in [0.3, 0.4) is 0 Å². The normalized spacial score (nSPS) is 14.3. The minimum absolute atomic E-state index is 0.00774. The van der Waals surface area contributed by atoms with Crippen LogP contribution < -0.4 is 5.73 Å². The molecule has 0 spiro atoms. The maximum Gasteiger partial charge on any atom is 0.236 e. The van der Waals surface area contributed by atoms with E-state index in [-0.39, 0.29) is 17.8 Å². The van der Waals surface area contributed by atoms with Gasteiger partial charge in [-0.3, -0.25) is 4.79 Å². The number of thioether (sulfide) groups is 1. The largest absolute Gasteiger partial charge is 0.409 e. The lowest BCUT2D eigenvalue weighted by molar-refractivity contribution is -0.139. The Morgan fingerprint density at radius 3 is 2.26 bits per heavy atom. The van der Waals surface area contributed by atoms with Crippen LogP contribution in [0, 0.1) is 5.41 Å². The van der Waals surface area contributed by atoms with Gasteiger partial charge in [0.15, 0.2) is 5.84 Å². The fourth-order valence-corrected chi connectivity index (χ4v) is 3.16. The van der Waals surface area contributed by atoms with Crippen molar-refractivity contribution >= 4 is 23.5 Å². The number of amidine groups is 1. The van der Waals surface area contributed by atoms with Crippen LogP contribution in [0.15, 0.2) is 5.16 Å². The molecule has 0 aliphatic carbocycles. The predicted octanol–water partition coefficient (Wildman–Crippen LogP) is 2.14. The van der Waals surface area contributed by atoms with E-state index in [1.807, 2.05) is 20.1 Å². The molecular formula is C13H27N3O2S. The van der Waals surface area contributed by atoms with Gasteiger partial charge in [-0.05, 0) is 25.5 Å². The zero-order valence-corrected chi connectivity index (χ0v) is 13.5. The second kappa shape index (κ2) is 8.30. The van der Waals surface area contributed by atoms with Gasteiger partial charge in [0.2, 0.25) is 5.91 Å². The van der Waals surface area contributed by atoms with E-state index >= 15 is 0 Å². The third-order valence-corrected chi connectivity index (χ3v) is 4.63. The van der Waals surface area contributed by atoms with E-state index in [1.165, 1.54) is 0 Å². The summed E-state index contributed by atoms with van der Waals surface area (Å²) in [6.45, 7) is 5.85. The van der Waals surface area contributed by atoms with Crippen molar-refractivity contribution in [2.75, 3.05) is 19.1 Å². The van der Waals surface area contributed by atoms with E-state index in [1.54, 1.807) is 23.7 Å². The maximum atomic E-state index is 12.7. The highest BCUT2D eigenvalue weighted by Gasteiger charge is 2.42. The number of amides is 1. The molecule has 6 heteroatoms. The lowest BCUT2D eigenvalue weighted by Crippen LogP contribution is -2.52.